The van der Waals surface area contributed by atoms with Crippen LogP contribution in [0.1, 0.15) is 12.8 Å². The van der Waals surface area contributed by atoms with Crippen LogP contribution in [0.4, 0.5) is 4.79 Å². The molecule has 2 atom stereocenters. The van der Waals surface area contributed by atoms with Crippen LogP contribution in [0, 0.1) is 0 Å². The lowest BCUT2D eigenvalue weighted by molar-refractivity contribution is -0.146. The van der Waals surface area contributed by atoms with E-state index in [9.17, 15) is 9.59 Å². The quantitative estimate of drug-likeness (QED) is 0.481. The first-order valence-corrected chi connectivity index (χ1v) is 5.12. The number of aliphatic carboxylic acids is 1. The van der Waals surface area contributed by atoms with Gasteiger partial charge in [-0.2, -0.15) is 0 Å². The number of hydrogen-bond donors (Lipinski definition) is 4. The van der Waals surface area contributed by atoms with Crippen LogP contribution in [-0.2, 0) is 9.53 Å². The average Bonchev–Trinajstić information content (AvgIpc) is 2.70. The number of amides is 2. The van der Waals surface area contributed by atoms with E-state index in [1.165, 1.54) is 0 Å². The minimum atomic E-state index is -1.44. The highest BCUT2D eigenvalue weighted by atomic mass is 16.5. The maximum Gasteiger partial charge on any atom is 0.332 e. The van der Waals surface area contributed by atoms with Crippen LogP contribution in [0.3, 0.4) is 0 Å². The molecule has 1 aliphatic heterocycles. The summed E-state index contributed by atoms with van der Waals surface area (Å²) in [7, 11) is 0. The topological polar surface area (TPSA) is 108 Å². The summed E-state index contributed by atoms with van der Waals surface area (Å²) < 4.78 is 5.07. The molecule has 1 unspecified atom stereocenters. The van der Waals surface area contributed by atoms with Crippen LogP contribution in [-0.4, -0.2) is 54.1 Å². The maximum absolute atomic E-state index is 11.2. The Morgan fingerprint density at radius 3 is 2.81 bits per heavy atom. The van der Waals surface area contributed by atoms with Crippen molar-refractivity contribution in [1.82, 2.24) is 10.6 Å². The standard InChI is InChI=1S/C9H16N2O5/c12-7(8(13)14)1-3-10-9(15)11-6-2-4-16-5-6/h6-7,12H,1-5H2,(H,13,14)(H2,10,11,15)/t6?,7-/m0/s1. The molecular weight excluding hydrogens is 216 g/mol. The lowest BCUT2D eigenvalue weighted by Gasteiger charge is -2.12. The van der Waals surface area contributed by atoms with E-state index in [0.717, 1.165) is 6.42 Å². The molecule has 0 bridgehead atoms. The molecular formula is C9H16N2O5. The van der Waals surface area contributed by atoms with Crippen molar-refractivity contribution < 1.29 is 24.5 Å². The average molecular weight is 232 g/mol. The predicted molar refractivity (Wildman–Crippen MR) is 54.0 cm³/mol. The van der Waals surface area contributed by atoms with Crippen molar-refractivity contribution >= 4 is 12.0 Å². The van der Waals surface area contributed by atoms with Crippen LogP contribution in [0.5, 0.6) is 0 Å². The Kier molecular flexibility index (Phi) is 5.00. The monoisotopic (exact) mass is 232 g/mol. The van der Waals surface area contributed by atoms with Crippen LogP contribution < -0.4 is 10.6 Å². The molecule has 0 aliphatic carbocycles. The fourth-order valence-corrected chi connectivity index (χ4v) is 1.33. The summed E-state index contributed by atoms with van der Waals surface area (Å²) in [5.74, 6) is -1.29. The number of aliphatic hydroxyl groups is 1. The van der Waals surface area contributed by atoms with Gasteiger partial charge in [0.15, 0.2) is 6.10 Å². The third-order valence-corrected chi connectivity index (χ3v) is 2.25. The molecule has 7 nitrogen and oxygen atoms in total. The number of carbonyl (C=O) groups is 2. The van der Waals surface area contributed by atoms with Gasteiger partial charge in [-0.3, -0.25) is 0 Å². The number of nitrogens with one attached hydrogen (secondary N) is 2. The van der Waals surface area contributed by atoms with Crippen molar-refractivity contribution in [2.45, 2.75) is 25.0 Å². The smallest absolute Gasteiger partial charge is 0.332 e. The first kappa shape index (κ1) is 12.7. The van der Waals surface area contributed by atoms with E-state index in [0.29, 0.717) is 13.2 Å². The van der Waals surface area contributed by atoms with Gasteiger partial charge in [-0.1, -0.05) is 0 Å². The minimum absolute atomic E-state index is 0.0100. The summed E-state index contributed by atoms with van der Waals surface area (Å²) in [5.41, 5.74) is 0. The first-order valence-electron chi connectivity index (χ1n) is 5.12. The fourth-order valence-electron chi connectivity index (χ4n) is 1.33. The first-order chi connectivity index (χ1) is 7.59. The molecule has 1 saturated heterocycles. The van der Waals surface area contributed by atoms with E-state index in [1.807, 2.05) is 0 Å². The van der Waals surface area contributed by atoms with Gasteiger partial charge in [0.05, 0.1) is 12.6 Å². The summed E-state index contributed by atoms with van der Waals surface area (Å²) in [4.78, 5) is 21.5. The zero-order valence-corrected chi connectivity index (χ0v) is 8.81. The van der Waals surface area contributed by atoms with E-state index < -0.39 is 12.1 Å². The molecule has 92 valence electrons. The molecule has 0 aromatic carbocycles. The molecule has 2 amide bonds. The molecule has 1 rings (SSSR count). The second-order valence-electron chi connectivity index (χ2n) is 3.60. The van der Waals surface area contributed by atoms with E-state index in [2.05, 4.69) is 10.6 Å². The number of hydrogen-bond acceptors (Lipinski definition) is 4. The molecule has 1 fully saturated rings. The van der Waals surface area contributed by atoms with Crippen molar-refractivity contribution in [2.24, 2.45) is 0 Å². The highest BCUT2D eigenvalue weighted by Gasteiger charge is 2.18. The highest BCUT2D eigenvalue weighted by molar-refractivity contribution is 5.74. The van der Waals surface area contributed by atoms with E-state index in [4.69, 9.17) is 14.9 Å². The third kappa shape index (κ3) is 4.45. The molecule has 16 heavy (non-hydrogen) atoms. The summed E-state index contributed by atoms with van der Waals surface area (Å²) in [5, 5.41) is 22.5. The SMILES string of the molecule is O=C(NCC[C@H](O)C(=O)O)NC1CCOC1. The van der Waals surface area contributed by atoms with Crippen LogP contribution in [0.15, 0.2) is 0 Å². The van der Waals surface area contributed by atoms with Gasteiger partial charge in [-0.25, -0.2) is 9.59 Å². The van der Waals surface area contributed by atoms with Crippen molar-refractivity contribution in [3.05, 3.63) is 0 Å². The van der Waals surface area contributed by atoms with Gasteiger partial charge in [-0.05, 0) is 6.42 Å². The Balaban J connectivity index is 2.08. The number of carboxylic acids is 1. The second kappa shape index (κ2) is 6.29. The molecule has 1 heterocycles. The van der Waals surface area contributed by atoms with Crippen LogP contribution >= 0.6 is 0 Å². The van der Waals surface area contributed by atoms with E-state index >= 15 is 0 Å². The Bertz CT molecular complexity index is 252. The Morgan fingerprint density at radius 1 is 1.50 bits per heavy atom. The summed E-state index contributed by atoms with van der Waals surface area (Å²) in [6.45, 7) is 1.26. The molecule has 0 spiro atoms. The predicted octanol–water partition coefficient (Wildman–Crippen LogP) is -1.09. The summed E-state index contributed by atoms with van der Waals surface area (Å²) >= 11 is 0. The number of rotatable bonds is 5. The van der Waals surface area contributed by atoms with Crippen LogP contribution in [0.25, 0.3) is 0 Å². The number of aliphatic hydroxyl groups excluding tert-OH is 1. The Labute approximate surface area is 92.8 Å². The molecule has 4 N–H and O–H groups in total. The normalized spacial score (nSPS) is 21.4. The van der Waals surface area contributed by atoms with E-state index in [1.54, 1.807) is 0 Å². The summed E-state index contributed by atoms with van der Waals surface area (Å²) in [6, 6.07) is -0.350. The van der Waals surface area contributed by atoms with E-state index in [-0.39, 0.29) is 25.0 Å². The van der Waals surface area contributed by atoms with Gasteiger partial charge < -0.3 is 25.6 Å². The third-order valence-electron chi connectivity index (χ3n) is 2.25. The number of carbonyl (C=O) groups excluding carboxylic acids is 1. The Morgan fingerprint density at radius 2 is 2.25 bits per heavy atom. The van der Waals surface area contributed by atoms with Crippen molar-refractivity contribution in [3.8, 4) is 0 Å². The number of ether oxygens (including phenoxy) is 1. The maximum atomic E-state index is 11.2. The molecule has 0 aromatic heterocycles. The van der Waals surface area contributed by atoms with Crippen molar-refractivity contribution in [1.29, 1.82) is 0 Å². The zero-order valence-electron chi connectivity index (χ0n) is 8.81. The molecule has 0 saturated carbocycles. The van der Waals surface area contributed by atoms with Gasteiger partial charge in [0.1, 0.15) is 0 Å². The van der Waals surface area contributed by atoms with Gasteiger partial charge >= 0.3 is 12.0 Å². The molecule has 7 heteroatoms. The van der Waals surface area contributed by atoms with Crippen molar-refractivity contribution in [3.63, 3.8) is 0 Å². The van der Waals surface area contributed by atoms with Gasteiger partial charge in [0, 0.05) is 19.6 Å². The second-order valence-corrected chi connectivity index (χ2v) is 3.60. The highest BCUT2D eigenvalue weighted by Crippen LogP contribution is 2.02. The lowest BCUT2D eigenvalue weighted by Crippen LogP contribution is -2.43. The zero-order chi connectivity index (χ0) is 12.0. The lowest BCUT2D eigenvalue weighted by atomic mass is 10.2. The fraction of sp³-hybridized carbons (Fsp3) is 0.778. The molecule has 0 aromatic rings. The summed E-state index contributed by atoms with van der Waals surface area (Å²) in [6.07, 6.45) is -0.662. The van der Waals surface area contributed by atoms with Gasteiger partial charge in [0.2, 0.25) is 0 Å². The number of carboxylic acid groups (broad SMARTS) is 1. The Hall–Kier alpha value is -1.34. The van der Waals surface area contributed by atoms with Gasteiger partial charge in [-0.15, -0.1) is 0 Å². The van der Waals surface area contributed by atoms with Crippen molar-refractivity contribution in [2.75, 3.05) is 19.8 Å². The minimum Gasteiger partial charge on any atom is -0.479 e. The van der Waals surface area contributed by atoms with Gasteiger partial charge in [0.25, 0.3) is 0 Å². The molecule has 0 radical (unpaired) electrons. The number of urea groups is 1. The van der Waals surface area contributed by atoms with Crippen LogP contribution in [0.2, 0.25) is 0 Å². The molecule has 1 aliphatic rings. The largest absolute Gasteiger partial charge is 0.479 e.